The number of hydrogen-bond acceptors (Lipinski definition) is 3. The highest BCUT2D eigenvalue weighted by Crippen LogP contribution is 2.51. The minimum Gasteiger partial charge on any atom is -0.306 e. The maximum atomic E-state index is 13.0. The second-order valence-corrected chi connectivity index (χ2v) is 22.0. The summed E-state index contributed by atoms with van der Waals surface area (Å²) in [6.07, 6.45) is 0. The van der Waals surface area contributed by atoms with Crippen LogP contribution in [-0.4, -0.2) is 18.3 Å². The van der Waals surface area contributed by atoms with E-state index in [0.717, 1.165) is 119 Å². The Labute approximate surface area is 461 Å². The zero-order chi connectivity index (χ0) is 52.9. The molecule has 17 aromatic rings. The van der Waals surface area contributed by atoms with Gasteiger partial charge in [0.25, 0.3) is 0 Å². The van der Waals surface area contributed by atoms with Crippen LogP contribution in [0.2, 0.25) is 0 Å². The van der Waals surface area contributed by atoms with Crippen molar-refractivity contribution >= 4 is 130 Å². The summed E-state index contributed by atoms with van der Waals surface area (Å²) in [6.45, 7) is 2.20. The molecule has 0 bridgehead atoms. The highest BCUT2D eigenvalue weighted by molar-refractivity contribution is 7.26. The second-order valence-electron chi connectivity index (χ2n) is 21.0. The third-order valence-corrected chi connectivity index (χ3v) is 18.1. The van der Waals surface area contributed by atoms with Crippen molar-refractivity contribution in [1.29, 1.82) is 10.5 Å². The zero-order valence-corrected chi connectivity index (χ0v) is 43.9. The van der Waals surface area contributed by atoms with Crippen molar-refractivity contribution in [3.63, 3.8) is 0 Å². The number of hydrogen-bond donors (Lipinski definition) is 0. The molecule has 17 rings (SSSR count). The number of para-hydroxylation sites is 6. The maximum Gasteiger partial charge on any atom is 0.104 e. The lowest BCUT2D eigenvalue weighted by molar-refractivity contribution is 1.03. The monoisotopic (exact) mass is 1030 g/mol. The standard InChI is InChI=1S/C73H42N6S/c1-43-34-35-44-18-2-3-19-46(44)67(43)45-36-37-53-55-38-39-56-54-26-10-17-33-66(54)80-73(56)72(55)79(65(53)40-45)71-58(42-75)69(77-61-29-13-6-22-49(61)50-23-7-14-30-62(50)77)68(76-59-27-11-4-20-47(59)48-21-5-12-28-60(48)76)57(41-74)70(71)78-63-31-15-8-24-51(63)52-25-9-16-32-64(52)78/h2-40H,1H3. The highest BCUT2D eigenvalue weighted by atomic mass is 32.1. The van der Waals surface area contributed by atoms with E-state index in [-0.39, 0.29) is 0 Å². The molecule has 7 heteroatoms. The van der Waals surface area contributed by atoms with Crippen LogP contribution in [0.25, 0.3) is 152 Å². The van der Waals surface area contributed by atoms with Gasteiger partial charge in [-0.15, -0.1) is 11.3 Å². The molecule has 0 N–H and O–H groups in total. The SMILES string of the molecule is Cc1ccc2ccccc2c1-c1ccc2c3ccc4c5ccccc5sc4c3n(-c3c(C#N)c(-n4c5ccccc5c5ccccc54)c(-n4c5ccccc5c5ccccc54)c(C#N)c3-n3c4ccccc4c4ccccc43)c2c1. The molecule has 0 unspecified atom stereocenters. The van der Waals surface area contributed by atoms with E-state index >= 15 is 0 Å². The van der Waals surface area contributed by atoms with Gasteiger partial charge in [0, 0.05) is 58.6 Å². The fourth-order valence-electron chi connectivity index (χ4n) is 13.7. The maximum absolute atomic E-state index is 13.0. The number of rotatable bonds is 5. The van der Waals surface area contributed by atoms with Crippen LogP contribution in [0, 0.1) is 29.6 Å². The fourth-order valence-corrected chi connectivity index (χ4v) is 14.9. The largest absolute Gasteiger partial charge is 0.306 e. The van der Waals surface area contributed by atoms with Crippen LogP contribution in [-0.2, 0) is 0 Å². The zero-order valence-electron chi connectivity index (χ0n) is 43.1. The topological polar surface area (TPSA) is 67.3 Å². The lowest BCUT2D eigenvalue weighted by Gasteiger charge is -2.27. The highest BCUT2D eigenvalue weighted by Gasteiger charge is 2.35. The van der Waals surface area contributed by atoms with Gasteiger partial charge in [0.2, 0.25) is 0 Å². The van der Waals surface area contributed by atoms with Crippen molar-refractivity contribution in [2.45, 2.75) is 6.92 Å². The average molecular weight is 1040 g/mol. The van der Waals surface area contributed by atoms with E-state index in [1.807, 2.05) is 0 Å². The first-order chi connectivity index (χ1) is 39.6. The van der Waals surface area contributed by atoms with Crippen molar-refractivity contribution in [2.75, 3.05) is 0 Å². The number of nitrogens with zero attached hydrogens (tertiary/aromatic N) is 6. The molecule has 0 spiro atoms. The van der Waals surface area contributed by atoms with E-state index < -0.39 is 0 Å². The lowest BCUT2D eigenvalue weighted by Crippen LogP contribution is -2.16. The van der Waals surface area contributed by atoms with E-state index in [4.69, 9.17) is 0 Å². The fraction of sp³-hybridized carbons (Fsp3) is 0.0137. The van der Waals surface area contributed by atoms with E-state index in [0.29, 0.717) is 33.9 Å². The first-order valence-electron chi connectivity index (χ1n) is 27.0. The number of aromatic nitrogens is 4. The second kappa shape index (κ2) is 16.7. The van der Waals surface area contributed by atoms with Gasteiger partial charge < -0.3 is 18.3 Å². The van der Waals surface area contributed by atoms with Gasteiger partial charge >= 0.3 is 0 Å². The van der Waals surface area contributed by atoms with Gasteiger partial charge in [-0.25, -0.2) is 0 Å². The van der Waals surface area contributed by atoms with Gasteiger partial charge in [0.05, 0.1) is 71.6 Å². The van der Waals surface area contributed by atoms with E-state index in [1.165, 1.54) is 15.5 Å². The molecule has 5 heterocycles. The van der Waals surface area contributed by atoms with Crippen LogP contribution in [0.15, 0.2) is 237 Å². The molecule has 0 amide bonds. The predicted octanol–water partition coefficient (Wildman–Crippen LogP) is 19.3. The summed E-state index contributed by atoms with van der Waals surface area (Å²) in [7, 11) is 0. The molecule has 6 nitrogen and oxygen atoms in total. The normalized spacial score (nSPS) is 12.0. The lowest BCUT2D eigenvalue weighted by atomic mass is 9.93. The minimum atomic E-state index is 0.424. The smallest absolute Gasteiger partial charge is 0.104 e. The van der Waals surface area contributed by atoms with Crippen LogP contribution in [0.4, 0.5) is 0 Å². The molecular formula is C73H42N6S. The molecule has 80 heavy (non-hydrogen) atoms. The van der Waals surface area contributed by atoms with Gasteiger partial charge in [0.1, 0.15) is 23.3 Å². The van der Waals surface area contributed by atoms with Crippen molar-refractivity contribution in [1.82, 2.24) is 18.3 Å². The van der Waals surface area contributed by atoms with Crippen molar-refractivity contribution in [3.05, 3.63) is 253 Å². The first kappa shape index (κ1) is 44.4. The van der Waals surface area contributed by atoms with Crippen LogP contribution in [0.3, 0.4) is 0 Å². The molecule has 0 saturated heterocycles. The van der Waals surface area contributed by atoms with Gasteiger partial charge in [0.15, 0.2) is 0 Å². The summed E-state index contributed by atoms with van der Waals surface area (Å²) >= 11 is 1.78. The summed E-state index contributed by atoms with van der Waals surface area (Å²) < 4.78 is 11.5. The summed E-state index contributed by atoms with van der Waals surface area (Å²) in [5, 5.41) is 38.9. The molecule has 12 aromatic carbocycles. The molecule has 0 saturated carbocycles. The van der Waals surface area contributed by atoms with Gasteiger partial charge in [-0.05, 0) is 82.9 Å². The quantitative estimate of drug-likeness (QED) is 0.172. The third-order valence-electron chi connectivity index (χ3n) is 17.0. The van der Waals surface area contributed by atoms with Crippen molar-refractivity contribution in [3.8, 4) is 46.0 Å². The molecule has 370 valence electrons. The van der Waals surface area contributed by atoms with E-state index in [1.54, 1.807) is 11.3 Å². The molecule has 0 radical (unpaired) electrons. The summed E-state index contributed by atoms with van der Waals surface area (Å²) in [5.41, 5.74) is 14.2. The van der Waals surface area contributed by atoms with Gasteiger partial charge in [-0.1, -0.05) is 188 Å². The average Bonchev–Trinajstić information content (AvgIpc) is 4.29. The number of benzene rings is 12. The summed E-state index contributed by atoms with van der Waals surface area (Å²) in [6, 6.07) is 90.0. The van der Waals surface area contributed by atoms with Crippen LogP contribution in [0.1, 0.15) is 16.7 Å². The number of aryl methyl sites for hydroxylation is 1. The molecule has 0 aliphatic carbocycles. The molecular weight excluding hydrogens is 993 g/mol. The van der Waals surface area contributed by atoms with Crippen LogP contribution in [0.5, 0.6) is 0 Å². The summed E-state index contributed by atoms with van der Waals surface area (Å²) in [5.74, 6) is 0. The Morgan fingerprint density at radius 1 is 0.325 bits per heavy atom. The molecule has 0 aliphatic heterocycles. The predicted molar refractivity (Wildman–Crippen MR) is 334 cm³/mol. The molecule has 0 aliphatic rings. The molecule has 5 aromatic heterocycles. The van der Waals surface area contributed by atoms with E-state index in [2.05, 4.69) is 274 Å². The summed E-state index contributed by atoms with van der Waals surface area (Å²) in [4.78, 5) is 0. The molecule has 0 atom stereocenters. The van der Waals surface area contributed by atoms with Crippen LogP contribution < -0.4 is 0 Å². The Bertz CT molecular complexity index is 5500. The van der Waals surface area contributed by atoms with Gasteiger partial charge in [-0.3, -0.25) is 0 Å². The number of thiophene rings is 1. The Morgan fingerprint density at radius 3 is 1.18 bits per heavy atom. The number of fused-ring (bicyclic) bond motifs is 17. The number of nitriles is 2. The van der Waals surface area contributed by atoms with E-state index in [9.17, 15) is 10.5 Å². The molecule has 0 fully saturated rings. The van der Waals surface area contributed by atoms with Crippen molar-refractivity contribution < 1.29 is 0 Å². The first-order valence-corrected chi connectivity index (χ1v) is 27.8. The Morgan fingerprint density at radius 2 is 0.700 bits per heavy atom. The van der Waals surface area contributed by atoms with Crippen molar-refractivity contribution in [2.24, 2.45) is 0 Å². The van der Waals surface area contributed by atoms with Crippen LogP contribution >= 0.6 is 11.3 Å². The Hall–Kier alpha value is -10.7. The third kappa shape index (κ3) is 5.88. The Balaban J connectivity index is 1.19. The Kier molecular flexibility index (Phi) is 9.25. The van der Waals surface area contributed by atoms with Gasteiger partial charge in [-0.2, -0.15) is 10.5 Å². The minimum absolute atomic E-state index is 0.424.